The Hall–Kier alpha value is -2.66. The van der Waals surface area contributed by atoms with Crippen LogP contribution in [0.3, 0.4) is 0 Å². The molecule has 2 aromatic rings. The number of aromatic hydroxyl groups is 1. The van der Waals surface area contributed by atoms with E-state index in [9.17, 15) is 19.8 Å². The van der Waals surface area contributed by atoms with E-state index in [4.69, 9.17) is 0 Å². The first-order valence-electron chi connectivity index (χ1n) is 6.98. The maximum absolute atomic E-state index is 12.2. The van der Waals surface area contributed by atoms with E-state index in [2.05, 4.69) is 0 Å². The standard InChI is InChI=1S/C17H15NO4/c19-12-5-3-4-11(10-12)15(20)8-9-18-16(21)13-6-1-2-7-14(13)17(18)22/h1-7,10,16,19,21H,8-9H2. The number of hydrogen-bond donors (Lipinski definition) is 2. The first kappa shape index (κ1) is 14.3. The number of fused-ring (bicyclic) bond motifs is 1. The van der Waals surface area contributed by atoms with Gasteiger partial charge in [0.05, 0.1) is 0 Å². The van der Waals surface area contributed by atoms with Gasteiger partial charge in [-0.15, -0.1) is 0 Å². The number of carbonyl (C=O) groups excluding carboxylic acids is 2. The number of aliphatic hydroxyl groups is 1. The molecular weight excluding hydrogens is 282 g/mol. The lowest BCUT2D eigenvalue weighted by atomic mass is 10.1. The zero-order valence-corrected chi connectivity index (χ0v) is 11.8. The minimum atomic E-state index is -1.01. The quantitative estimate of drug-likeness (QED) is 0.847. The molecule has 112 valence electrons. The van der Waals surface area contributed by atoms with E-state index in [0.29, 0.717) is 16.7 Å². The number of amides is 1. The molecule has 2 aromatic carbocycles. The first-order valence-corrected chi connectivity index (χ1v) is 6.98. The lowest BCUT2D eigenvalue weighted by Crippen LogP contribution is -2.30. The van der Waals surface area contributed by atoms with Gasteiger partial charge in [-0.25, -0.2) is 0 Å². The van der Waals surface area contributed by atoms with Crippen LogP contribution < -0.4 is 0 Å². The van der Waals surface area contributed by atoms with Gasteiger partial charge in [0.2, 0.25) is 0 Å². The van der Waals surface area contributed by atoms with Gasteiger partial charge in [0.15, 0.2) is 12.0 Å². The second kappa shape index (κ2) is 5.61. The molecule has 0 fully saturated rings. The van der Waals surface area contributed by atoms with E-state index >= 15 is 0 Å². The summed E-state index contributed by atoms with van der Waals surface area (Å²) in [5.41, 5.74) is 1.43. The average molecular weight is 297 g/mol. The second-order valence-electron chi connectivity index (χ2n) is 5.18. The Bertz CT molecular complexity index is 741. The van der Waals surface area contributed by atoms with Crippen LogP contribution >= 0.6 is 0 Å². The van der Waals surface area contributed by atoms with Gasteiger partial charge in [-0.3, -0.25) is 9.59 Å². The third kappa shape index (κ3) is 2.46. The fourth-order valence-corrected chi connectivity index (χ4v) is 2.62. The van der Waals surface area contributed by atoms with Crippen molar-refractivity contribution in [2.75, 3.05) is 6.54 Å². The van der Waals surface area contributed by atoms with Crippen LogP contribution in [0.15, 0.2) is 48.5 Å². The van der Waals surface area contributed by atoms with Crippen molar-refractivity contribution in [3.63, 3.8) is 0 Å². The molecule has 1 atom stereocenters. The second-order valence-corrected chi connectivity index (χ2v) is 5.18. The SMILES string of the molecule is O=C(CCN1C(=O)c2ccccc2C1O)c1cccc(O)c1. The van der Waals surface area contributed by atoms with Crippen LogP contribution in [0.5, 0.6) is 5.75 Å². The molecule has 1 aliphatic rings. The highest BCUT2D eigenvalue weighted by Crippen LogP contribution is 2.31. The number of benzene rings is 2. The highest BCUT2D eigenvalue weighted by atomic mass is 16.3. The van der Waals surface area contributed by atoms with Gasteiger partial charge in [-0.2, -0.15) is 0 Å². The van der Waals surface area contributed by atoms with E-state index < -0.39 is 6.23 Å². The fourth-order valence-electron chi connectivity index (χ4n) is 2.62. The minimum absolute atomic E-state index is 0.0236. The van der Waals surface area contributed by atoms with Gasteiger partial charge in [0, 0.05) is 29.7 Å². The van der Waals surface area contributed by atoms with Gasteiger partial charge in [0.1, 0.15) is 5.75 Å². The summed E-state index contributed by atoms with van der Waals surface area (Å²) in [6.45, 7) is 0.128. The molecule has 0 aliphatic carbocycles. The lowest BCUT2D eigenvalue weighted by Gasteiger charge is -2.20. The van der Waals surface area contributed by atoms with Crippen LogP contribution in [-0.4, -0.2) is 33.3 Å². The summed E-state index contributed by atoms with van der Waals surface area (Å²) in [6, 6.07) is 12.9. The molecule has 1 unspecified atom stereocenters. The summed E-state index contributed by atoms with van der Waals surface area (Å²) in [7, 11) is 0. The molecule has 1 amide bonds. The molecule has 5 heteroatoms. The van der Waals surface area contributed by atoms with Crippen molar-refractivity contribution in [1.29, 1.82) is 0 Å². The number of Topliss-reactive ketones (excluding diaryl/α,β-unsaturated/α-hetero) is 1. The highest BCUT2D eigenvalue weighted by molar-refractivity contribution is 6.00. The number of phenols is 1. The molecule has 3 rings (SSSR count). The average Bonchev–Trinajstić information content (AvgIpc) is 2.77. The Morgan fingerprint density at radius 1 is 1.14 bits per heavy atom. The van der Waals surface area contributed by atoms with Gasteiger partial charge in [-0.05, 0) is 18.2 Å². The number of carbonyl (C=O) groups is 2. The Balaban J connectivity index is 1.70. The highest BCUT2D eigenvalue weighted by Gasteiger charge is 2.34. The van der Waals surface area contributed by atoms with E-state index in [1.165, 1.54) is 17.0 Å². The number of ketones is 1. The summed E-state index contributed by atoms with van der Waals surface area (Å²) in [5, 5.41) is 19.6. The Kier molecular flexibility index (Phi) is 3.65. The molecule has 0 saturated carbocycles. The molecule has 0 bridgehead atoms. The van der Waals surface area contributed by atoms with Gasteiger partial charge >= 0.3 is 0 Å². The largest absolute Gasteiger partial charge is 0.508 e. The van der Waals surface area contributed by atoms with Crippen LogP contribution in [0, 0.1) is 0 Å². The van der Waals surface area contributed by atoms with Gasteiger partial charge < -0.3 is 15.1 Å². The summed E-state index contributed by atoms with van der Waals surface area (Å²) < 4.78 is 0. The summed E-state index contributed by atoms with van der Waals surface area (Å²) in [6.07, 6.45) is -0.930. The lowest BCUT2D eigenvalue weighted by molar-refractivity contribution is 0.0176. The maximum atomic E-state index is 12.2. The van der Waals surface area contributed by atoms with Gasteiger partial charge in [-0.1, -0.05) is 30.3 Å². The van der Waals surface area contributed by atoms with E-state index in [1.54, 1.807) is 36.4 Å². The number of nitrogens with zero attached hydrogens (tertiary/aromatic N) is 1. The zero-order valence-electron chi connectivity index (χ0n) is 11.8. The zero-order chi connectivity index (χ0) is 15.7. The molecule has 1 heterocycles. The third-order valence-corrected chi connectivity index (χ3v) is 3.77. The van der Waals surface area contributed by atoms with Crippen molar-refractivity contribution in [2.24, 2.45) is 0 Å². The van der Waals surface area contributed by atoms with Crippen LogP contribution in [0.4, 0.5) is 0 Å². The predicted molar refractivity (Wildman–Crippen MR) is 79.5 cm³/mol. The molecule has 5 nitrogen and oxygen atoms in total. The summed E-state index contributed by atoms with van der Waals surface area (Å²) >= 11 is 0. The van der Waals surface area contributed by atoms with Crippen LogP contribution in [0.1, 0.15) is 38.9 Å². The third-order valence-electron chi connectivity index (χ3n) is 3.77. The molecule has 22 heavy (non-hydrogen) atoms. The molecule has 0 aromatic heterocycles. The number of rotatable bonds is 4. The normalized spacial score (nSPS) is 16.7. The molecule has 0 radical (unpaired) electrons. The van der Waals surface area contributed by atoms with E-state index in [1.807, 2.05) is 0 Å². The fraction of sp³-hybridized carbons (Fsp3) is 0.176. The smallest absolute Gasteiger partial charge is 0.256 e. The monoisotopic (exact) mass is 297 g/mol. The number of aliphatic hydroxyl groups excluding tert-OH is 1. The number of phenolic OH excluding ortho intramolecular Hbond substituents is 1. The van der Waals surface area contributed by atoms with Crippen molar-refractivity contribution in [3.8, 4) is 5.75 Å². The Labute approximate surface area is 127 Å². The molecule has 2 N–H and O–H groups in total. The first-order chi connectivity index (χ1) is 10.6. The summed E-state index contributed by atoms with van der Waals surface area (Å²) in [5.74, 6) is -0.436. The molecular formula is C17H15NO4. The van der Waals surface area contributed by atoms with Crippen molar-refractivity contribution in [2.45, 2.75) is 12.6 Å². The summed E-state index contributed by atoms with van der Waals surface area (Å²) in [4.78, 5) is 25.6. The molecule has 0 saturated heterocycles. The molecule has 0 spiro atoms. The maximum Gasteiger partial charge on any atom is 0.256 e. The van der Waals surface area contributed by atoms with Crippen molar-refractivity contribution >= 4 is 11.7 Å². The number of hydrogen-bond acceptors (Lipinski definition) is 4. The van der Waals surface area contributed by atoms with Crippen molar-refractivity contribution in [1.82, 2.24) is 4.90 Å². The molecule has 1 aliphatic heterocycles. The predicted octanol–water partition coefficient (Wildman–Crippen LogP) is 2.11. The minimum Gasteiger partial charge on any atom is -0.508 e. The van der Waals surface area contributed by atoms with Crippen LogP contribution in [0.2, 0.25) is 0 Å². The van der Waals surface area contributed by atoms with Gasteiger partial charge in [0.25, 0.3) is 5.91 Å². The van der Waals surface area contributed by atoms with Crippen molar-refractivity contribution < 1.29 is 19.8 Å². The van der Waals surface area contributed by atoms with E-state index in [-0.39, 0.29) is 30.4 Å². The van der Waals surface area contributed by atoms with Crippen LogP contribution in [-0.2, 0) is 0 Å². The van der Waals surface area contributed by atoms with Crippen molar-refractivity contribution in [3.05, 3.63) is 65.2 Å². The van der Waals surface area contributed by atoms with Crippen LogP contribution in [0.25, 0.3) is 0 Å². The Morgan fingerprint density at radius 3 is 2.64 bits per heavy atom. The van der Waals surface area contributed by atoms with E-state index in [0.717, 1.165) is 0 Å². The Morgan fingerprint density at radius 2 is 1.91 bits per heavy atom. The topological polar surface area (TPSA) is 77.8 Å².